The SMILES string of the molecule is O=C(Nc1cc[nH]c(=O)c1)c1cc(C(F)(F)F)ccc1OCCC(F)(F)F. The van der Waals surface area contributed by atoms with Crippen molar-refractivity contribution in [3.05, 3.63) is 58.0 Å². The van der Waals surface area contributed by atoms with Gasteiger partial charge in [-0.2, -0.15) is 26.3 Å². The summed E-state index contributed by atoms with van der Waals surface area (Å²) < 4.78 is 80.2. The molecule has 0 saturated heterocycles. The minimum atomic E-state index is -4.77. The van der Waals surface area contributed by atoms with E-state index in [1.54, 1.807) is 0 Å². The quantitative estimate of drug-likeness (QED) is 0.754. The topological polar surface area (TPSA) is 71.2 Å². The summed E-state index contributed by atoms with van der Waals surface area (Å²) >= 11 is 0. The number of rotatable bonds is 5. The monoisotopic (exact) mass is 394 g/mol. The van der Waals surface area contributed by atoms with E-state index in [2.05, 4.69) is 10.3 Å². The number of hydrogen-bond acceptors (Lipinski definition) is 3. The molecule has 0 aliphatic heterocycles. The number of nitrogens with one attached hydrogen (secondary N) is 2. The smallest absolute Gasteiger partial charge is 0.416 e. The van der Waals surface area contributed by atoms with Gasteiger partial charge >= 0.3 is 12.4 Å². The lowest BCUT2D eigenvalue weighted by Gasteiger charge is -2.15. The molecule has 2 rings (SSSR count). The van der Waals surface area contributed by atoms with Crippen LogP contribution in [0.25, 0.3) is 0 Å². The number of halogens is 6. The number of alkyl halides is 6. The van der Waals surface area contributed by atoms with E-state index in [1.807, 2.05) is 0 Å². The van der Waals surface area contributed by atoms with Crippen LogP contribution in [0.15, 0.2) is 41.3 Å². The predicted octanol–water partition coefficient (Wildman–Crippen LogP) is 3.98. The summed E-state index contributed by atoms with van der Waals surface area (Å²) in [6, 6.07) is 4.08. The number of aromatic amines is 1. The van der Waals surface area contributed by atoms with E-state index in [0.29, 0.717) is 12.1 Å². The Balaban J connectivity index is 2.31. The lowest BCUT2D eigenvalue weighted by atomic mass is 10.1. The first-order chi connectivity index (χ1) is 12.5. The van der Waals surface area contributed by atoms with Crippen molar-refractivity contribution in [2.24, 2.45) is 0 Å². The third-order valence-corrected chi connectivity index (χ3v) is 3.23. The molecule has 1 aromatic carbocycles. The molecule has 0 radical (unpaired) electrons. The molecule has 0 aliphatic carbocycles. The van der Waals surface area contributed by atoms with E-state index >= 15 is 0 Å². The van der Waals surface area contributed by atoms with Gasteiger partial charge in [-0.15, -0.1) is 0 Å². The Morgan fingerprint density at radius 3 is 2.37 bits per heavy atom. The third kappa shape index (κ3) is 6.04. The number of hydrogen-bond donors (Lipinski definition) is 2. The summed E-state index contributed by atoms with van der Waals surface area (Å²) in [4.78, 5) is 25.8. The number of amides is 1. The molecule has 0 saturated carbocycles. The second kappa shape index (κ2) is 7.72. The molecule has 0 spiro atoms. The maximum atomic E-state index is 12.9. The Morgan fingerprint density at radius 2 is 1.78 bits per heavy atom. The largest absolute Gasteiger partial charge is 0.492 e. The summed E-state index contributed by atoms with van der Waals surface area (Å²) in [7, 11) is 0. The van der Waals surface area contributed by atoms with Gasteiger partial charge in [0, 0.05) is 18.0 Å². The molecular formula is C16H12F6N2O3. The molecular weight excluding hydrogens is 382 g/mol. The minimum Gasteiger partial charge on any atom is -0.492 e. The minimum absolute atomic E-state index is 0.0117. The molecule has 0 aliphatic rings. The Bertz CT molecular complexity index is 873. The second-order valence-electron chi connectivity index (χ2n) is 5.32. The number of anilines is 1. The van der Waals surface area contributed by atoms with E-state index < -0.39 is 53.7 Å². The first-order valence-corrected chi connectivity index (χ1v) is 7.36. The summed E-state index contributed by atoms with van der Waals surface area (Å²) in [6.07, 6.45) is -9.45. The van der Waals surface area contributed by atoms with E-state index in [9.17, 15) is 35.9 Å². The summed E-state index contributed by atoms with van der Waals surface area (Å²) in [5, 5.41) is 2.20. The van der Waals surface area contributed by atoms with Gasteiger partial charge in [0.15, 0.2) is 0 Å². The normalized spacial score (nSPS) is 11.9. The number of carbonyl (C=O) groups excluding carboxylic acids is 1. The first-order valence-electron chi connectivity index (χ1n) is 7.36. The third-order valence-electron chi connectivity index (χ3n) is 3.23. The van der Waals surface area contributed by atoms with Crippen LogP contribution in [-0.2, 0) is 6.18 Å². The van der Waals surface area contributed by atoms with Crippen molar-refractivity contribution in [2.45, 2.75) is 18.8 Å². The molecule has 0 bridgehead atoms. The lowest BCUT2D eigenvalue weighted by molar-refractivity contribution is -0.139. The van der Waals surface area contributed by atoms with Crippen molar-refractivity contribution >= 4 is 11.6 Å². The van der Waals surface area contributed by atoms with Crippen molar-refractivity contribution in [1.82, 2.24) is 4.98 Å². The molecule has 11 heteroatoms. The highest BCUT2D eigenvalue weighted by Crippen LogP contribution is 2.33. The van der Waals surface area contributed by atoms with Gasteiger partial charge in [0.2, 0.25) is 5.56 Å². The Hall–Kier alpha value is -2.98. The van der Waals surface area contributed by atoms with Gasteiger partial charge < -0.3 is 15.0 Å². The van der Waals surface area contributed by atoms with Crippen LogP contribution in [0.1, 0.15) is 22.3 Å². The van der Waals surface area contributed by atoms with Gasteiger partial charge in [-0.05, 0) is 24.3 Å². The van der Waals surface area contributed by atoms with Crippen LogP contribution >= 0.6 is 0 Å². The van der Waals surface area contributed by atoms with Gasteiger partial charge in [0.05, 0.1) is 24.2 Å². The zero-order valence-electron chi connectivity index (χ0n) is 13.4. The fourth-order valence-electron chi connectivity index (χ4n) is 2.01. The fourth-order valence-corrected chi connectivity index (χ4v) is 2.01. The zero-order chi connectivity index (χ0) is 20.2. The molecule has 0 unspecified atom stereocenters. The molecule has 1 heterocycles. The highest BCUT2D eigenvalue weighted by Gasteiger charge is 2.32. The fraction of sp³-hybridized carbons (Fsp3) is 0.250. The number of benzene rings is 1. The maximum Gasteiger partial charge on any atom is 0.416 e. The first kappa shape index (κ1) is 20.3. The molecule has 2 aromatic rings. The molecule has 1 aromatic heterocycles. The number of carbonyl (C=O) groups is 1. The van der Waals surface area contributed by atoms with E-state index in [1.165, 1.54) is 12.3 Å². The van der Waals surface area contributed by atoms with Gasteiger partial charge in [-0.3, -0.25) is 9.59 Å². The van der Waals surface area contributed by atoms with Crippen LogP contribution in [0, 0.1) is 0 Å². The average Bonchev–Trinajstić information content (AvgIpc) is 2.52. The molecule has 2 N–H and O–H groups in total. The standard InChI is InChI=1S/C16H12F6N2O3/c17-15(18,19)4-6-27-12-2-1-9(16(20,21)22)7-11(12)14(26)24-10-3-5-23-13(25)8-10/h1-3,5,7-8H,4,6H2,(H2,23,24,25,26). The van der Waals surface area contributed by atoms with E-state index in [0.717, 1.165) is 12.1 Å². The van der Waals surface area contributed by atoms with Crippen molar-refractivity contribution in [2.75, 3.05) is 11.9 Å². The predicted molar refractivity (Wildman–Crippen MR) is 82.6 cm³/mol. The Morgan fingerprint density at radius 1 is 1.07 bits per heavy atom. The zero-order valence-corrected chi connectivity index (χ0v) is 13.4. The highest BCUT2D eigenvalue weighted by molar-refractivity contribution is 6.06. The van der Waals surface area contributed by atoms with Crippen LogP contribution in [0.3, 0.4) is 0 Å². The highest BCUT2D eigenvalue weighted by atomic mass is 19.4. The van der Waals surface area contributed by atoms with Gasteiger partial charge in [-0.25, -0.2) is 0 Å². The summed E-state index contributed by atoms with van der Waals surface area (Å²) in [6.45, 7) is -0.875. The molecule has 0 fully saturated rings. The summed E-state index contributed by atoms with van der Waals surface area (Å²) in [5.74, 6) is -1.52. The van der Waals surface area contributed by atoms with Crippen LogP contribution in [0.4, 0.5) is 32.0 Å². The van der Waals surface area contributed by atoms with Crippen LogP contribution in [-0.4, -0.2) is 23.7 Å². The number of ether oxygens (including phenoxy) is 1. The Labute approximate surface area is 148 Å². The second-order valence-corrected chi connectivity index (χ2v) is 5.32. The van der Waals surface area contributed by atoms with Gasteiger partial charge in [0.1, 0.15) is 5.75 Å². The van der Waals surface area contributed by atoms with Crippen molar-refractivity contribution in [3.8, 4) is 5.75 Å². The average molecular weight is 394 g/mol. The number of aromatic nitrogens is 1. The molecule has 0 atom stereocenters. The van der Waals surface area contributed by atoms with Crippen LogP contribution in [0.5, 0.6) is 5.75 Å². The van der Waals surface area contributed by atoms with Crippen molar-refractivity contribution in [1.29, 1.82) is 0 Å². The van der Waals surface area contributed by atoms with E-state index in [-0.39, 0.29) is 5.69 Å². The Kier molecular flexibility index (Phi) is 5.82. The molecule has 27 heavy (non-hydrogen) atoms. The van der Waals surface area contributed by atoms with Gasteiger partial charge in [0.25, 0.3) is 5.91 Å². The van der Waals surface area contributed by atoms with Crippen molar-refractivity contribution < 1.29 is 35.9 Å². The van der Waals surface area contributed by atoms with Crippen LogP contribution in [0.2, 0.25) is 0 Å². The number of pyridine rings is 1. The van der Waals surface area contributed by atoms with E-state index in [4.69, 9.17) is 4.74 Å². The lowest BCUT2D eigenvalue weighted by Crippen LogP contribution is -2.18. The molecule has 146 valence electrons. The van der Waals surface area contributed by atoms with Crippen LogP contribution < -0.4 is 15.6 Å². The van der Waals surface area contributed by atoms with Crippen molar-refractivity contribution in [3.63, 3.8) is 0 Å². The molecule has 5 nitrogen and oxygen atoms in total. The van der Waals surface area contributed by atoms with Gasteiger partial charge in [-0.1, -0.05) is 0 Å². The summed E-state index contributed by atoms with van der Waals surface area (Å²) in [5.41, 5.74) is -2.38. The maximum absolute atomic E-state index is 12.9. The number of H-pyrrole nitrogens is 1. The molecule has 1 amide bonds.